The molecule has 1 amide bonds. The monoisotopic (exact) mass is 466 g/mol. The summed E-state index contributed by atoms with van der Waals surface area (Å²) < 4.78 is 6.53. The zero-order valence-electron chi connectivity index (χ0n) is 19.2. The maximum absolute atomic E-state index is 13.1. The van der Waals surface area contributed by atoms with Crippen LogP contribution in [0.25, 0.3) is 0 Å². The topological polar surface area (TPSA) is 76.7 Å². The Hall–Kier alpha value is -4.16. The molecule has 6 heteroatoms. The van der Waals surface area contributed by atoms with Crippen LogP contribution < -0.4 is 9.47 Å². The van der Waals surface area contributed by atoms with Gasteiger partial charge in [0.05, 0.1) is 12.6 Å². The van der Waals surface area contributed by atoms with Gasteiger partial charge in [-0.25, -0.2) is 0 Å². The molecule has 0 spiro atoms. The number of pyridine rings is 1. The van der Waals surface area contributed by atoms with Gasteiger partial charge in [0.15, 0.2) is 12.4 Å². The molecular weight excluding hydrogens is 440 g/mol. The lowest BCUT2D eigenvalue weighted by molar-refractivity contribution is -0.605. The third-order valence-electron chi connectivity index (χ3n) is 6.35. The van der Waals surface area contributed by atoms with Gasteiger partial charge in [0.2, 0.25) is 0 Å². The first kappa shape index (κ1) is 22.6. The molecule has 0 aliphatic carbocycles. The SMILES string of the molecule is O=C(c1ccc[n+]([O-])c1)N1CCOc2ccc([C@@H](O)C(c3ccccc3)c3ccccc3)cc2C1. The van der Waals surface area contributed by atoms with Crippen LogP contribution in [0, 0.1) is 5.21 Å². The Bertz CT molecular complexity index is 1270. The van der Waals surface area contributed by atoms with Crippen LogP contribution in [0.2, 0.25) is 0 Å². The molecule has 4 aromatic rings. The minimum atomic E-state index is -0.800. The number of fused-ring (bicyclic) bond motifs is 1. The van der Waals surface area contributed by atoms with Crippen molar-refractivity contribution in [2.45, 2.75) is 18.6 Å². The van der Waals surface area contributed by atoms with Gasteiger partial charge < -0.3 is 20.0 Å². The highest BCUT2D eigenvalue weighted by atomic mass is 16.5. The molecule has 1 aromatic heterocycles. The molecule has 0 saturated heterocycles. The molecule has 6 nitrogen and oxygen atoms in total. The number of benzene rings is 3. The fraction of sp³-hybridized carbons (Fsp3) is 0.172. The highest BCUT2D eigenvalue weighted by Gasteiger charge is 2.27. The van der Waals surface area contributed by atoms with Gasteiger partial charge in [-0.2, -0.15) is 4.73 Å². The fourth-order valence-corrected chi connectivity index (χ4v) is 4.61. The fourth-order valence-electron chi connectivity index (χ4n) is 4.61. The molecular formula is C29H26N2O4. The Morgan fingerprint density at radius 2 is 1.60 bits per heavy atom. The summed E-state index contributed by atoms with van der Waals surface area (Å²) in [7, 11) is 0. The van der Waals surface area contributed by atoms with E-state index in [2.05, 4.69) is 0 Å². The highest BCUT2D eigenvalue weighted by Crippen LogP contribution is 2.38. The molecule has 1 N–H and O–H groups in total. The molecule has 176 valence electrons. The normalized spacial score (nSPS) is 14.1. The Balaban J connectivity index is 1.46. The maximum Gasteiger partial charge on any atom is 0.260 e. The Labute approximate surface area is 204 Å². The largest absolute Gasteiger partial charge is 0.619 e. The van der Waals surface area contributed by atoms with E-state index in [1.54, 1.807) is 17.0 Å². The number of nitrogens with zero attached hydrogens (tertiary/aromatic N) is 2. The lowest BCUT2D eigenvalue weighted by Gasteiger charge is -2.25. The van der Waals surface area contributed by atoms with Crippen LogP contribution in [-0.4, -0.2) is 29.1 Å². The number of carbonyl (C=O) groups is 1. The van der Waals surface area contributed by atoms with Crippen molar-refractivity contribution in [2.24, 2.45) is 0 Å². The standard InChI is InChI=1S/C29H26N2O4/c32-28(27(21-8-3-1-4-9-21)22-10-5-2-6-11-22)23-13-14-26-25(18-23)19-30(16-17-35-26)29(33)24-12-7-15-31(34)20-24/h1-15,18,20,27-28,32H,16-17,19H2/t28-/m1/s1. The number of aliphatic hydroxyl groups is 1. The van der Waals surface area contributed by atoms with Crippen molar-refractivity contribution < 1.29 is 19.4 Å². The van der Waals surface area contributed by atoms with Crippen LogP contribution in [0.1, 0.15) is 44.6 Å². The first-order valence-corrected chi connectivity index (χ1v) is 11.6. The number of ether oxygens (including phenoxy) is 1. The van der Waals surface area contributed by atoms with E-state index in [0.717, 1.165) is 22.3 Å². The quantitative estimate of drug-likeness (QED) is 0.353. The Morgan fingerprint density at radius 1 is 0.914 bits per heavy atom. The number of aliphatic hydroxyl groups excluding tert-OH is 1. The second-order valence-corrected chi connectivity index (χ2v) is 8.64. The van der Waals surface area contributed by atoms with Crippen molar-refractivity contribution in [3.05, 3.63) is 136 Å². The average molecular weight is 467 g/mol. The van der Waals surface area contributed by atoms with Crippen LogP contribution in [0.3, 0.4) is 0 Å². The minimum Gasteiger partial charge on any atom is -0.619 e. The zero-order valence-corrected chi connectivity index (χ0v) is 19.2. The predicted molar refractivity (Wildman–Crippen MR) is 132 cm³/mol. The number of rotatable bonds is 5. The molecule has 35 heavy (non-hydrogen) atoms. The zero-order chi connectivity index (χ0) is 24.2. The molecule has 5 rings (SSSR count). The van der Waals surface area contributed by atoms with Gasteiger partial charge in [0.25, 0.3) is 5.91 Å². The second kappa shape index (κ2) is 9.99. The first-order valence-electron chi connectivity index (χ1n) is 11.6. The summed E-state index contributed by atoms with van der Waals surface area (Å²) in [5.41, 5.74) is 3.93. The number of hydrogen-bond donors (Lipinski definition) is 1. The van der Waals surface area contributed by atoms with Crippen molar-refractivity contribution in [1.82, 2.24) is 4.90 Å². The molecule has 1 atom stereocenters. The summed E-state index contributed by atoms with van der Waals surface area (Å²) in [5.74, 6) is 0.208. The molecule has 1 aliphatic rings. The lowest BCUT2D eigenvalue weighted by atomic mass is 9.83. The van der Waals surface area contributed by atoms with Crippen LogP contribution in [-0.2, 0) is 6.54 Å². The van der Waals surface area contributed by atoms with Gasteiger partial charge in [-0.15, -0.1) is 0 Å². The third-order valence-corrected chi connectivity index (χ3v) is 6.35. The number of amides is 1. The molecule has 3 aromatic carbocycles. The van der Waals surface area contributed by atoms with Crippen LogP contribution in [0.15, 0.2) is 103 Å². The molecule has 2 heterocycles. The van der Waals surface area contributed by atoms with Crippen molar-refractivity contribution in [1.29, 1.82) is 0 Å². The smallest absolute Gasteiger partial charge is 0.260 e. The summed E-state index contributed by atoms with van der Waals surface area (Å²) in [4.78, 5) is 14.8. The average Bonchev–Trinajstić information content (AvgIpc) is 3.11. The summed E-state index contributed by atoms with van der Waals surface area (Å²) in [6.07, 6.45) is 1.83. The van der Waals surface area contributed by atoms with E-state index in [0.29, 0.717) is 35.7 Å². The summed E-state index contributed by atoms with van der Waals surface area (Å²) in [6.45, 7) is 1.07. The van der Waals surface area contributed by atoms with Crippen LogP contribution in [0.4, 0.5) is 0 Å². The molecule has 0 bridgehead atoms. The van der Waals surface area contributed by atoms with E-state index in [1.807, 2.05) is 78.9 Å². The van der Waals surface area contributed by atoms with E-state index in [4.69, 9.17) is 4.74 Å². The van der Waals surface area contributed by atoms with Gasteiger partial charge in [-0.3, -0.25) is 4.79 Å². The maximum atomic E-state index is 13.1. The van der Waals surface area contributed by atoms with Gasteiger partial charge in [-0.05, 0) is 34.9 Å². The highest BCUT2D eigenvalue weighted by molar-refractivity contribution is 5.93. The Kier molecular flexibility index (Phi) is 6.46. The van der Waals surface area contributed by atoms with E-state index in [1.165, 1.54) is 12.4 Å². The van der Waals surface area contributed by atoms with Crippen LogP contribution >= 0.6 is 0 Å². The van der Waals surface area contributed by atoms with Crippen molar-refractivity contribution in [3.8, 4) is 5.75 Å². The summed E-state index contributed by atoms with van der Waals surface area (Å²) >= 11 is 0. The lowest BCUT2D eigenvalue weighted by Crippen LogP contribution is -2.34. The summed E-state index contributed by atoms with van der Waals surface area (Å²) in [5, 5.41) is 23.2. The van der Waals surface area contributed by atoms with E-state index in [9.17, 15) is 15.1 Å². The van der Waals surface area contributed by atoms with E-state index >= 15 is 0 Å². The second-order valence-electron chi connectivity index (χ2n) is 8.64. The van der Waals surface area contributed by atoms with Gasteiger partial charge >= 0.3 is 0 Å². The van der Waals surface area contributed by atoms with Gasteiger partial charge in [0, 0.05) is 24.1 Å². The third kappa shape index (κ3) is 4.88. The molecule has 1 aliphatic heterocycles. The number of carbonyl (C=O) groups excluding carboxylic acids is 1. The predicted octanol–water partition coefficient (Wildman–Crippen LogP) is 4.22. The van der Waals surface area contributed by atoms with Gasteiger partial charge in [0.1, 0.15) is 17.9 Å². The van der Waals surface area contributed by atoms with E-state index < -0.39 is 6.10 Å². The van der Waals surface area contributed by atoms with Crippen molar-refractivity contribution in [3.63, 3.8) is 0 Å². The molecule has 0 saturated carbocycles. The Morgan fingerprint density at radius 3 is 2.26 bits per heavy atom. The number of hydrogen-bond acceptors (Lipinski definition) is 4. The van der Waals surface area contributed by atoms with Crippen molar-refractivity contribution in [2.75, 3.05) is 13.2 Å². The molecule has 0 unspecified atom stereocenters. The minimum absolute atomic E-state index is 0.232. The van der Waals surface area contributed by atoms with Crippen LogP contribution in [0.5, 0.6) is 5.75 Å². The van der Waals surface area contributed by atoms with Crippen molar-refractivity contribution >= 4 is 5.91 Å². The molecule has 0 fully saturated rings. The molecule has 0 radical (unpaired) electrons. The van der Waals surface area contributed by atoms with E-state index in [-0.39, 0.29) is 11.8 Å². The first-order chi connectivity index (χ1) is 17.1. The number of aromatic nitrogens is 1. The summed E-state index contributed by atoms with van der Waals surface area (Å²) in [6, 6.07) is 28.8. The van der Waals surface area contributed by atoms with Gasteiger partial charge in [-0.1, -0.05) is 66.7 Å².